The second-order valence-corrected chi connectivity index (χ2v) is 4.18. The highest BCUT2D eigenvalue weighted by Gasteiger charge is 2.33. The summed E-state index contributed by atoms with van der Waals surface area (Å²) < 4.78 is -0.937. The monoisotopic (exact) mass is 208 g/mol. The van der Waals surface area contributed by atoms with Crippen LogP contribution in [-0.4, -0.2) is 4.33 Å². The Labute approximate surface area is 81.1 Å². The Bertz CT molecular complexity index is 225. The molecule has 0 radical (unpaired) electrons. The van der Waals surface area contributed by atoms with Crippen LogP contribution >= 0.6 is 34.8 Å². The predicted molar refractivity (Wildman–Crippen MR) is 51.2 cm³/mol. The average molecular weight is 210 g/mol. The van der Waals surface area contributed by atoms with Gasteiger partial charge in [-0.25, -0.2) is 0 Å². The van der Waals surface area contributed by atoms with Gasteiger partial charge >= 0.3 is 0 Å². The molecule has 0 saturated carbocycles. The lowest BCUT2D eigenvalue weighted by molar-refractivity contribution is 0.758. The molecule has 3 heteroatoms. The maximum atomic E-state index is 5.92. The van der Waals surface area contributed by atoms with E-state index in [9.17, 15) is 0 Å². The first-order chi connectivity index (χ1) is 5.08. The zero-order chi connectivity index (χ0) is 8.48. The van der Waals surface area contributed by atoms with E-state index in [0.717, 1.165) is 0 Å². The van der Waals surface area contributed by atoms with Gasteiger partial charge in [-0.1, -0.05) is 47.0 Å². The molecule has 11 heavy (non-hydrogen) atoms. The van der Waals surface area contributed by atoms with Crippen molar-refractivity contribution >= 4 is 34.8 Å². The molecule has 0 fully saturated rings. The Balaban J connectivity index is 2.97. The van der Waals surface area contributed by atoms with Crippen molar-refractivity contribution in [2.24, 2.45) is 5.92 Å². The molecular formula is C8H7Cl3. The van der Waals surface area contributed by atoms with Crippen LogP contribution in [0.4, 0.5) is 0 Å². The minimum atomic E-state index is -0.937. The van der Waals surface area contributed by atoms with Gasteiger partial charge in [0.05, 0.1) is 0 Å². The lowest BCUT2D eigenvalue weighted by Crippen LogP contribution is -2.23. The molecule has 0 bridgehead atoms. The van der Waals surface area contributed by atoms with Crippen molar-refractivity contribution in [1.29, 1.82) is 0 Å². The third-order valence-electron chi connectivity index (χ3n) is 1.52. The third kappa shape index (κ3) is 1.81. The molecule has 1 atom stereocenters. The van der Waals surface area contributed by atoms with E-state index < -0.39 is 4.33 Å². The number of halogens is 3. The molecule has 0 N–H and O–H groups in total. The van der Waals surface area contributed by atoms with E-state index in [0.29, 0.717) is 5.03 Å². The van der Waals surface area contributed by atoms with Crippen LogP contribution < -0.4 is 0 Å². The van der Waals surface area contributed by atoms with E-state index in [4.69, 9.17) is 34.8 Å². The minimum absolute atomic E-state index is 0.197. The van der Waals surface area contributed by atoms with Gasteiger partial charge in [-0.15, -0.1) is 6.58 Å². The van der Waals surface area contributed by atoms with Crippen molar-refractivity contribution in [2.75, 3.05) is 0 Å². The van der Waals surface area contributed by atoms with Gasteiger partial charge < -0.3 is 0 Å². The normalized spacial score (nSPS) is 27.9. The lowest BCUT2D eigenvalue weighted by Gasteiger charge is -2.26. The zero-order valence-corrected chi connectivity index (χ0v) is 8.00. The molecular weight excluding hydrogens is 202 g/mol. The highest BCUT2D eigenvalue weighted by Crippen LogP contribution is 2.41. The Morgan fingerprint density at radius 3 is 2.55 bits per heavy atom. The van der Waals surface area contributed by atoms with Crippen LogP contribution in [0.1, 0.15) is 0 Å². The SMILES string of the molecule is C=CC1C(Cl)=CC=CC1(Cl)Cl. The maximum absolute atomic E-state index is 5.92. The van der Waals surface area contributed by atoms with Crippen molar-refractivity contribution in [2.45, 2.75) is 4.33 Å². The Kier molecular flexibility index (Phi) is 2.69. The highest BCUT2D eigenvalue weighted by atomic mass is 35.5. The van der Waals surface area contributed by atoms with Crippen LogP contribution in [0.5, 0.6) is 0 Å². The molecule has 60 valence electrons. The summed E-state index contributed by atoms with van der Waals surface area (Å²) in [6, 6.07) is 0. The van der Waals surface area contributed by atoms with Gasteiger partial charge in [0.25, 0.3) is 0 Å². The van der Waals surface area contributed by atoms with Crippen molar-refractivity contribution < 1.29 is 0 Å². The molecule has 0 saturated heterocycles. The summed E-state index contributed by atoms with van der Waals surface area (Å²) in [7, 11) is 0. The number of rotatable bonds is 1. The first-order valence-corrected chi connectivity index (χ1v) is 4.26. The van der Waals surface area contributed by atoms with Crippen molar-refractivity contribution in [1.82, 2.24) is 0 Å². The number of alkyl halides is 2. The van der Waals surface area contributed by atoms with E-state index in [2.05, 4.69) is 6.58 Å². The number of hydrogen-bond acceptors (Lipinski definition) is 0. The Hall–Kier alpha value is 0.0900. The smallest absolute Gasteiger partial charge is 0.102 e. The summed E-state index contributed by atoms with van der Waals surface area (Å²) in [6.45, 7) is 3.60. The summed E-state index contributed by atoms with van der Waals surface area (Å²) >= 11 is 17.7. The maximum Gasteiger partial charge on any atom is 0.147 e. The third-order valence-corrected chi connectivity index (χ3v) is 2.60. The molecule has 0 aromatic rings. The van der Waals surface area contributed by atoms with Crippen LogP contribution in [0.3, 0.4) is 0 Å². The average Bonchev–Trinajstić information content (AvgIpc) is 1.86. The molecule has 0 nitrogen and oxygen atoms in total. The van der Waals surface area contributed by atoms with Gasteiger partial charge in [0.1, 0.15) is 4.33 Å². The molecule has 0 spiro atoms. The van der Waals surface area contributed by atoms with Crippen LogP contribution in [0, 0.1) is 5.92 Å². The predicted octanol–water partition coefficient (Wildman–Crippen LogP) is 3.66. The van der Waals surface area contributed by atoms with Gasteiger partial charge in [0.15, 0.2) is 0 Å². The van der Waals surface area contributed by atoms with Crippen molar-refractivity contribution in [3.05, 3.63) is 35.9 Å². The minimum Gasteiger partial charge on any atom is -0.102 e. The van der Waals surface area contributed by atoms with E-state index in [1.807, 2.05) is 0 Å². The van der Waals surface area contributed by atoms with Gasteiger partial charge in [-0.05, 0) is 12.2 Å². The molecule has 0 aromatic heterocycles. The van der Waals surface area contributed by atoms with E-state index in [1.54, 1.807) is 24.3 Å². The summed E-state index contributed by atoms with van der Waals surface area (Å²) in [5.74, 6) is -0.197. The molecule has 0 aliphatic heterocycles. The molecule has 1 aliphatic carbocycles. The summed E-state index contributed by atoms with van der Waals surface area (Å²) in [6.07, 6.45) is 6.83. The van der Waals surface area contributed by atoms with Gasteiger partial charge in [-0.2, -0.15) is 0 Å². The van der Waals surface area contributed by atoms with Gasteiger partial charge in [0, 0.05) is 11.0 Å². The fraction of sp³-hybridized carbons (Fsp3) is 0.250. The first-order valence-electron chi connectivity index (χ1n) is 3.13. The van der Waals surface area contributed by atoms with Crippen molar-refractivity contribution in [3.8, 4) is 0 Å². The lowest BCUT2D eigenvalue weighted by atomic mass is 10.00. The molecule has 1 aliphatic rings. The molecule has 0 aromatic carbocycles. The summed E-state index contributed by atoms with van der Waals surface area (Å²) in [5, 5.41) is 0.618. The van der Waals surface area contributed by atoms with Crippen LogP contribution in [0.15, 0.2) is 35.9 Å². The molecule has 1 unspecified atom stereocenters. The largest absolute Gasteiger partial charge is 0.147 e. The van der Waals surface area contributed by atoms with Gasteiger partial charge in [0.2, 0.25) is 0 Å². The summed E-state index contributed by atoms with van der Waals surface area (Å²) in [5.41, 5.74) is 0. The highest BCUT2D eigenvalue weighted by molar-refractivity contribution is 6.51. The Morgan fingerprint density at radius 2 is 2.18 bits per heavy atom. The molecule has 0 heterocycles. The van der Waals surface area contributed by atoms with Gasteiger partial charge in [-0.3, -0.25) is 0 Å². The second kappa shape index (κ2) is 3.22. The first kappa shape index (κ1) is 9.18. The topological polar surface area (TPSA) is 0 Å². The van der Waals surface area contributed by atoms with Crippen LogP contribution in [-0.2, 0) is 0 Å². The molecule has 0 amide bonds. The molecule has 1 rings (SSSR count). The van der Waals surface area contributed by atoms with E-state index in [-0.39, 0.29) is 5.92 Å². The zero-order valence-electron chi connectivity index (χ0n) is 5.73. The fourth-order valence-electron chi connectivity index (χ4n) is 0.929. The van der Waals surface area contributed by atoms with Crippen molar-refractivity contribution in [3.63, 3.8) is 0 Å². The summed E-state index contributed by atoms with van der Waals surface area (Å²) in [4.78, 5) is 0. The fourth-order valence-corrected chi connectivity index (χ4v) is 1.93. The van der Waals surface area contributed by atoms with Crippen LogP contribution in [0.25, 0.3) is 0 Å². The quantitative estimate of drug-likeness (QED) is 0.457. The van der Waals surface area contributed by atoms with E-state index in [1.165, 1.54) is 0 Å². The van der Waals surface area contributed by atoms with Crippen LogP contribution in [0.2, 0.25) is 0 Å². The number of hydrogen-bond donors (Lipinski definition) is 0. The van der Waals surface area contributed by atoms with E-state index >= 15 is 0 Å². The second-order valence-electron chi connectivity index (χ2n) is 2.30. The standard InChI is InChI=1S/C8H7Cl3/c1-2-6-7(9)4-3-5-8(6,10)11/h2-6H,1H2. The number of allylic oxidation sites excluding steroid dienone is 5. The Morgan fingerprint density at radius 1 is 1.55 bits per heavy atom.